The van der Waals surface area contributed by atoms with Crippen LogP contribution in [-0.4, -0.2) is 11.4 Å². The zero-order valence-electron chi connectivity index (χ0n) is 14.0. The van der Waals surface area contributed by atoms with Crippen molar-refractivity contribution in [1.29, 1.82) is 0 Å². The average Bonchev–Trinajstić information content (AvgIpc) is 2.63. The fourth-order valence-corrected chi connectivity index (χ4v) is 2.49. The molecule has 3 rings (SSSR count). The Bertz CT molecular complexity index is 792. The molecule has 24 heavy (non-hydrogen) atoms. The summed E-state index contributed by atoms with van der Waals surface area (Å²) in [5.74, 6) is 0. The van der Waals surface area contributed by atoms with Crippen LogP contribution in [0.15, 0.2) is 94.9 Å². The van der Waals surface area contributed by atoms with Crippen LogP contribution in [0.3, 0.4) is 0 Å². The molecule has 0 fully saturated rings. The molecule has 0 aliphatic heterocycles. The SMILES string of the molecule is CC(=Nc1ccccc1)c1cccc(C(C)=Nc2ccccc2)c1. The summed E-state index contributed by atoms with van der Waals surface area (Å²) in [4.78, 5) is 9.38. The second-order valence-corrected chi connectivity index (χ2v) is 5.65. The monoisotopic (exact) mass is 312 g/mol. The molecule has 0 aliphatic rings. The van der Waals surface area contributed by atoms with Gasteiger partial charge in [0.05, 0.1) is 11.4 Å². The summed E-state index contributed by atoms with van der Waals surface area (Å²) in [5.41, 5.74) is 6.15. The Morgan fingerprint density at radius 3 is 1.38 bits per heavy atom. The van der Waals surface area contributed by atoms with E-state index in [0.717, 1.165) is 33.9 Å². The predicted molar refractivity (Wildman–Crippen MR) is 103 cm³/mol. The van der Waals surface area contributed by atoms with Crippen LogP contribution in [0.1, 0.15) is 25.0 Å². The van der Waals surface area contributed by atoms with Gasteiger partial charge < -0.3 is 0 Å². The van der Waals surface area contributed by atoms with Crippen LogP contribution >= 0.6 is 0 Å². The molecular weight excluding hydrogens is 292 g/mol. The molecule has 0 aromatic heterocycles. The van der Waals surface area contributed by atoms with Gasteiger partial charge in [-0.3, -0.25) is 9.98 Å². The first-order valence-electron chi connectivity index (χ1n) is 8.04. The van der Waals surface area contributed by atoms with Crippen molar-refractivity contribution < 1.29 is 0 Å². The molecule has 0 unspecified atom stereocenters. The Morgan fingerprint density at radius 2 is 0.958 bits per heavy atom. The van der Waals surface area contributed by atoms with Crippen molar-refractivity contribution in [3.05, 3.63) is 96.1 Å². The number of para-hydroxylation sites is 2. The van der Waals surface area contributed by atoms with E-state index in [2.05, 4.69) is 24.3 Å². The summed E-state index contributed by atoms with van der Waals surface area (Å²) in [5, 5.41) is 0. The number of hydrogen-bond donors (Lipinski definition) is 0. The maximum atomic E-state index is 4.69. The summed E-state index contributed by atoms with van der Waals surface area (Å²) in [6, 6.07) is 28.4. The van der Waals surface area contributed by atoms with Crippen LogP contribution in [0.4, 0.5) is 11.4 Å². The zero-order valence-corrected chi connectivity index (χ0v) is 14.0. The maximum absolute atomic E-state index is 4.69. The third kappa shape index (κ3) is 4.05. The van der Waals surface area contributed by atoms with Crippen molar-refractivity contribution in [3.8, 4) is 0 Å². The lowest BCUT2D eigenvalue weighted by Gasteiger charge is -2.06. The Balaban J connectivity index is 1.89. The van der Waals surface area contributed by atoms with Gasteiger partial charge in [-0.25, -0.2) is 0 Å². The zero-order chi connectivity index (χ0) is 16.8. The van der Waals surface area contributed by atoms with Gasteiger partial charge in [-0.15, -0.1) is 0 Å². The van der Waals surface area contributed by atoms with Gasteiger partial charge in [0.25, 0.3) is 0 Å². The molecule has 0 saturated heterocycles. The molecule has 0 saturated carbocycles. The Labute approximate surface area is 143 Å². The minimum absolute atomic E-state index is 0.968. The number of benzene rings is 3. The summed E-state index contributed by atoms with van der Waals surface area (Å²) < 4.78 is 0. The van der Waals surface area contributed by atoms with Crippen molar-refractivity contribution in [1.82, 2.24) is 0 Å². The first kappa shape index (κ1) is 15.9. The number of rotatable bonds is 4. The van der Waals surface area contributed by atoms with Gasteiger partial charge in [0.1, 0.15) is 0 Å². The molecule has 3 aromatic rings. The van der Waals surface area contributed by atoms with E-state index in [-0.39, 0.29) is 0 Å². The highest BCUT2D eigenvalue weighted by molar-refractivity contribution is 6.05. The topological polar surface area (TPSA) is 24.7 Å². The molecule has 0 heterocycles. The summed E-state index contributed by atoms with van der Waals surface area (Å²) in [7, 11) is 0. The van der Waals surface area contributed by atoms with Crippen LogP contribution in [0, 0.1) is 0 Å². The van der Waals surface area contributed by atoms with E-state index in [4.69, 9.17) is 9.98 Å². The molecule has 0 bridgehead atoms. The van der Waals surface area contributed by atoms with E-state index in [1.165, 1.54) is 0 Å². The van der Waals surface area contributed by atoms with Crippen molar-refractivity contribution in [2.24, 2.45) is 9.98 Å². The Hall–Kier alpha value is -3.00. The lowest BCUT2D eigenvalue weighted by molar-refractivity contribution is 1.45. The van der Waals surface area contributed by atoms with Gasteiger partial charge in [0, 0.05) is 11.4 Å². The average molecular weight is 312 g/mol. The van der Waals surface area contributed by atoms with Crippen LogP contribution < -0.4 is 0 Å². The first-order valence-corrected chi connectivity index (χ1v) is 8.04. The maximum Gasteiger partial charge on any atom is 0.0633 e. The molecule has 2 nitrogen and oxygen atoms in total. The lowest BCUT2D eigenvalue weighted by Crippen LogP contribution is -1.99. The minimum Gasteiger partial charge on any atom is -0.253 e. The molecule has 0 atom stereocenters. The normalized spacial score (nSPS) is 12.2. The summed E-state index contributed by atoms with van der Waals surface area (Å²) in [6.45, 7) is 4.07. The van der Waals surface area contributed by atoms with E-state index in [1.807, 2.05) is 74.5 Å². The molecule has 0 N–H and O–H groups in total. The Morgan fingerprint density at radius 1 is 0.542 bits per heavy atom. The molecule has 2 heteroatoms. The molecule has 0 amide bonds. The molecule has 0 aliphatic carbocycles. The van der Waals surface area contributed by atoms with E-state index in [9.17, 15) is 0 Å². The highest BCUT2D eigenvalue weighted by atomic mass is 14.7. The largest absolute Gasteiger partial charge is 0.253 e. The van der Waals surface area contributed by atoms with Gasteiger partial charge >= 0.3 is 0 Å². The van der Waals surface area contributed by atoms with E-state index >= 15 is 0 Å². The van der Waals surface area contributed by atoms with Gasteiger partial charge in [0.2, 0.25) is 0 Å². The molecule has 0 radical (unpaired) electrons. The highest BCUT2D eigenvalue weighted by Crippen LogP contribution is 2.16. The third-order valence-corrected chi connectivity index (χ3v) is 3.80. The Kier molecular flexibility index (Phi) is 4.97. The molecule has 0 spiro atoms. The quantitative estimate of drug-likeness (QED) is 0.530. The van der Waals surface area contributed by atoms with Crippen molar-refractivity contribution >= 4 is 22.8 Å². The van der Waals surface area contributed by atoms with Gasteiger partial charge in [0.15, 0.2) is 0 Å². The fraction of sp³-hybridized carbons (Fsp3) is 0.0909. The second kappa shape index (κ2) is 7.51. The van der Waals surface area contributed by atoms with Crippen LogP contribution in [0.25, 0.3) is 0 Å². The molecule has 3 aromatic carbocycles. The molecule has 118 valence electrons. The summed E-state index contributed by atoms with van der Waals surface area (Å²) >= 11 is 0. The van der Waals surface area contributed by atoms with Crippen LogP contribution in [0.2, 0.25) is 0 Å². The highest BCUT2D eigenvalue weighted by Gasteiger charge is 2.03. The lowest BCUT2D eigenvalue weighted by atomic mass is 10.0. The van der Waals surface area contributed by atoms with Gasteiger partial charge in [-0.05, 0) is 55.3 Å². The number of aliphatic imine (C=N–C) groups is 2. The summed E-state index contributed by atoms with van der Waals surface area (Å²) in [6.07, 6.45) is 0. The van der Waals surface area contributed by atoms with Crippen molar-refractivity contribution in [2.45, 2.75) is 13.8 Å². The first-order chi connectivity index (χ1) is 11.7. The van der Waals surface area contributed by atoms with Gasteiger partial charge in [-0.1, -0.05) is 54.6 Å². The minimum atomic E-state index is 0.968. The van der Waals surface area contributed by atoms with E-state index in [1.54, 1.807) is 0 Å². The number of hydrogen-bond acceptors (Lipinski definition) is 2. The van der Waals surface area contributed by atoms with Crippen LogP contribution in [0.5, 0.6) is 0 Å². The van der Waals surface area contributed by atoms with E-state index in [0.29, 0.717) is 0 Å². The number of nitrogens with zero attached hydrogens (tertiary/aromatic N) is 2. The smallest absolute Gasteiger partial charge is 0.0633 e. The standard InChI is InChI=1S/C22H20N2/c1-17(23-21-12-5-3-6-13-21)19-10-9-11-20(16-19)18(2)24-22-14-7-4-8-15-22/h3-16H,1-2H3. The second-order valence-electron chi connectivity index (χ2n) is 5.65. The predicted octanol–water partition coefficient (Wildman–Crippen LogP) is 5.97. The van der Waals surface area contributed by atoms with Crippen LogP contribution in [-0.2, 0) is 0 Å². The third-order valence-electron chi connectivity index (χ3n) is 3.80. The van der Waals surface area contributed by atoms with Gasteiger partial charge in [-0.2, -0.15) is 0 Å². The van der Waals surface area contributed by atoms with E-state index < -0.39 is 0 Å². The molecular formula is C22H20N2. The fourth-order valence-electron chi connectivity index (χ4n) is 2.49. The van der Waals surface area contributed by atoms with Crippen molar-refractivity contribution in [2.75, 3.05) is 0 Å². The van der Waals surface area contributed by atoms with Crippen molar-refractivity contribution in [3.63, 3.8) is 0 Å².